The van der Waals surface area contributed by atoms with E-state index in [4.69, 9.17) is 11.6 Å². The van der Waals surface area contributed by atoms with E-state index < -0.39 is 26.6 Å². The summed E-state index contributed by atoms with van der Waals surface area (Å²) in [5.74, 6) is -2.00. The molecule has 0 radical (unpaired) electrons. The Kier molecular flexibility index (Phi) is 4.66. The first-order valence-electron chi connectivity index (χ1n) is 7.36. The molecule has 1 amide bonds. The highest BCUT2D eigenvalue weighted by atomic mass is 35.5. The average molecular weight is 387 g/mol. The second-order valence-corrected chi connectivity index (χ2v) is 7.55. The third-order valence-electron chi connectivity index (χ3n) is 3.75. The van der Waals surface area contributed by atoms with Gasteiger partial charge in [0.15, 0.2) is 0 Å². The quantitative estimate of drug-likeness (QED) is 0.873. The van der Waals surface area contributed by atoms with Crippen LogP contribution in [0, 0.1) is 11.6 Å². The second kappa shape index (κ2) is 6.61. The van der Waals surface area contributed by atoms with Gasteiger partial charge in [-0.3, -0.25) is 9.52 Å². The van der Waals surface area contributed by atoms with Gasteiger partial charge in [-0.2, -0.15) is 0 Å². The number of nitrogens with zero attached hydrogens (tertiary/aromatic N) is 1. The van der Waals surface area contributed by atoms with E-state index in [1.807, 2.05) is 0 Å². The molecule has 2 aromatic rings. The highest BCUT2D eigenvalue weighted by Gasteiger charge is 2.25. The zero-order valence-electron chi connectivity index (χ0n) is 12.8. The van der Waals surface area contributed by atoms with Gasteiger partial charge in [0.25, 0.3) is 10.0 Å². The fraction of sp³-hybridized carbons (Fsp3) is 0.188. The summed E-state index contributed by atoms with van der Waals surface area (Å²) in [6.07, 6.45) is 1.16. The van der Waals surface area contributed by atoms with E-state index in [0.717, 1.165) is 18.6 Å². The van der Waals surface area contributed by atoms with Crippen LogP contribution in [0.15, 0.2) is 41.3 Å². The molecule has 0 aliphatic carbocycles. The van der Waals surface area contributed by atoms with Crippen LogP contribution in [0.4, 0.5) is 20.2 Å². The molecule has 0 bridgehead atoms. The van der Waals surface area contributed by atoms with Crippen molar-refractivity contribution in [1.82, 2.24) is 0 Å². The molecule has 1 aliphatic rings. The Hall–Kier alpha value is -2.19. The number of carbonyl (C=O) groups is 1. The van der Waals surface area contributed by atoms with Gasteiger partial charge in [-0.1, -0.05) is 11.6 Å². The maximum atomic E-state index is 13.7. The Balaban J connectivity index is 1.89. The van der Waals surface area contributed by atoms with Crippen molar-refractivity contribution in [3.05, 3.63) is 53.1 Å². The lowest BCUT2D eigenvalue weighted by atomic mass is 10.2. The molecule has 0 aromatic heterocycles. The molecular formula is C16H13ClF2N2O3S. The number of nitrogens with one attached hydrogen (secondary N) is 1. The van der Waals surface area contributed by atoms with Gasteiger partial charge in [-0.15, -0.1) is 0 Å². The lowest BCUT2D eigenvalue weighted by Gasteiger charge is -2.18. The van der Waals surface area contributed by atoms with Crippen molar-refractivity contribution in [3.63, 3.8) is 0 Å². The fourth-order valence-electron chi connectivity index (χ4n) is 2.59. The third-order valence-corrected chi connectivity index (χ3v) is 5.45. The molecule has 1 aliphatic heterocycles. The topological polar surface area (TPSA) is 66.5 Å². The van der Waals surface area contributed by atoms with Gasteiger partial charge in [-0.25, -0.2) is 17.2 Å². The van der Waals surface area contributed by atoms with Crippen LogP contribution in [0.25, 0.3) is 0 Å². The van der Waals surface area contributed by atoms with Crippen LogP contribution in [-0.2, 0) is 14.8 Å². The summed E-state index contributed by atoms with van der Waals surface area (Å²) >= 11 is 6.14. The van der Waals surface area contributed by atoms with Crippen LogP contribution in [-0.4, -0.2) is 20.9 Å². The van der Waals surface area contributed by atoms with E-state index in [9.17, 15) is 22.0 Å². The lowest BCUT2D eigenvalue weighted by Crippen LogP contribution is -2.24. The monoisotopic (exact) mass is 386 g/mol. The van der Waals surface area contributed by atoms with Crippen molar-refractivity contribution in [2.24, 2.45) is 0 Å². The Labute approximate surface area is 148 Å². The summed E-state index contributed by atoms with van der Waals surface area (Å²) in [7, 11) is -4.33. The molecule has 5 nitrogen and oxygen atoms in total. The van der Waals surface area contributed by atoms with E-state index in [-0.39, 0.29) is 16.6 Å². The van der Waals surface area contributed by atoms with E-state index >= 15 is 0 Å². The number of hydrogen-bond acceptors (Lipinski definition) is 3. The Morgan fingerprint density at radius 1 is 1.12 bits per heavy atom. The summed E-state index contributed by atoms with van der Waals surface area (Å²) < 4.78 is 53.6. The third kappa shape index (κ3) is 3.59. The van der Waals surface area contributed by atoms with Crippen LogP contribution in [0.5, 0.6) is 0 Å². The maximum absolute atomic E-state index is 13.7. The van der Waals surface area contributed by atoms with Gasteiger partial charge in [0.2, 0.25) is 5.91 Å². The minimum atomic E-state index is -4.33. The van der Waals surface area contributed by atoms with E-state index in [2.05, 4.69) is 4.72 Å². The van der Waals surface area contributed by atoms with E-state index in [1.54, 1.807) is 0 Å². The molecule has 3 rings (SSSR count). The van der Waals surface area contributed by atoms with Gasteiger partial charge < -0.3 is 4.90 Å². The number of sulfonamides is 1. The first-order chi connectivity index (χ1) is 11.8. The maximum Gasteiger partial charge on any atom is 0.264 e. The first kappa shape index (κ1) is 17.6. The van der Waals surface area contributed by atoms with Gasteiger partial charge in [0, 0.05) is 13.0 Å². The summed E-state index contributed by atoms with van der Waals surface area (Å²) in [6, 6.07) is 6.38. The second-order valence-electron chi connectivity index (χ2n) is 5.50. The van der Waals surface area contributed by atoms with Crippen LogP contribution < -0.4 is 9.62 Å². The van der Waals surface area contributed by atoms with Crippen molar-refractivity contribution in [1.29, 1.82) is 0 Å². The molecule has 9 heteroatoms. The average Bonchev–Trinajstić information content (AvgIpc) is 2.95. The van der Waals surface area contributed by atoms with E-state index in [0.29, 0.717) is 24.7 Å². The number of rotatable bonds is 4. The number of amides is 1. The Morgan fingerprint density at radius 2 is 1.88 bits per heavy atom. The van der Waals surface area contributed by atoms with Gasteiger partial charge >= 0.3 is 0 Å². The highest BCUT2D eigenvalue weighted by molar-refractivity contribution is 7.92. The minimum Gasteiger partial charge on any atom is -0.311 e. The highest BCUT2D eigenvalue weighted by Crippen LogP contribution is 2.32. The zero-order chi connectivity index (χ0) is 18.2. The minimum absolute atomic E-state index is 0.0583. The van der Waals surface area contributed by atoms with Gasteiger partial charge in [0.05, 0.1) is 16.4 Å². The molecule has 1 N–H and O–H groups in total. The van der Waals surface area contributed by atoms with E-state index in [1.165, 1.54) is 23.1 Å². The van der Waals surface area contributed by atoms with Crippen LogP contribution in [0.2, 0.25) is 5.02 Å². The number of halogens is 3. The molecule has 25 heavy (non-hydrogen) atoms. The van der Waals surface area contributed by atoms with Crippen molar-refractivity contribution in [2.75, 3.05) is 16.2 Å². The predicted molar refractivity (Wildman–Crippen MR) is 90.2 cm³/mol. The normalized spacial score (nSPS) is 14.8. The van der Waals surface area contributed by atoms with Crippen molar-refractivity contribution in [2.45, 2.75) is 17.7 Å². The first-order valence-corrected chi connectivity index (χ1v) is 9.22. The molecule has 2 aromatic carbocycles. The molecule has 1 heterocycles. The number of anilines is 2. The predicted octanol–water partition coefficient (Wildman–Crippen LogP) is 3.55. The molecule has 0 saturated carbocycles. The molecule has 0 spiro atoms. The van der Waals surface area contributed by atoms with Crippen LogP contribution in [0.1, 0.15) is 12.8 Å². The molecule has 1 fully saturated rings. The number of benzene rings is 2. The van der Waals surface area contributed by atoms with Crippen LogP contribution >= 0.6 is 11.6 Å². The fourth-order valence-corrected chi connectivity index (χ4v) is 4.01. The summed E-state index contributed by atoms with van der Waals surface area (Å²) in [4.78, 5) is 12.5. The summed E-state index contributed by atoms with van der Waals surface area (Å²) in [5.41, 5.74) is 0.549. The van der Waals surface area contributed by atoms with Crippen molar-refractivity contribution in [3.8, 4) is 0 Å². The van der Waals surface area contributed by atoms with Gasteiger partial charge in [0.1, 0.15) is 16.5 Å². The van der Waals surface area contributed by atoms with Crippen molar-refractivity contribution < 1.29 is 22.0 Å². The lowest BCUT2D eigenvalue weighted by molar-refractivity contribution is -0.117. The zero-order valence-corrected chi connectivity index (χ0v) is 14.4. The Bertz CT molecular complexity index is 950. The SMILES string of the molecule is O=C1CCCN1c1ccc(NS(=O)(=O)c2cc(F)ccc2F)cc1Cl. The molecule has 0 atom stereocenters. The standard InChI is InChI=1S/C16H13ClF2N2O3S/c17-12-9-11(4-6-14(12)21-7-1-2-16(21)22)20-25(23,24)15-8-10(18)3-5-13(15)19/h3-6,8-9,20H,1-2,7H2. The Morgan fingerprint density at radius 3 is 2.52 bits per heavy atom. The largest absolute Gasteiger partial charge is 0.311 e. The molecular weight excluding hydrogens is 374 g/mol. The smallest absolute Gasteiger partial charge is 0.264 e. The molecule has 1 saturated heterocycles. The summed E-state index contributed by atoms with van der Waals surface area (Å²) in [5, 5.41) is 0.176. The molecule has 132 valence electrons. The van der Waals surface area contributed by atoms with Gasteiger partial charge in [-0.05, 0) is 42.8 Å². The van der Waals surface area contributed by atoms with Crippen LogP contribution in [0.3, 0.4) is 0 Å². The summed E-state index contributed by atoms with van der Waals surface area (Å²) in [6.45, 7) is 0.540. The number of carbonyl (C=O) groups excluding carboxylic acids is 1. The molecule has 0 unspecified atom stereocenters. The number of hydrogen-bond donors (Lipinski definition) is 1. The van der Waals surface area contributed by atoms with Crippen molar-refractivity contribution >= 4 is 38.9 Å².